The van der Waals surface area contributed by atoms with Crippen molar-refractivity contribution in [1.82, 2.24) is 5.32 Å². The number of guanidine groups is 1. The molecule has 0 aliphatic carbocycles. The SMILES string of the molecule is CCC(C)CCN/C(N)=N\C. The predicted molar refractivity (Wildman–Crippen MR) is 49.6 cm³/mol. The van der Waals surface area contributed by atoms with E-state index in [0.717, 1.165) is 18.9 Å². The fraction of sp³-hybridized carbons (Fsp3) is 0.875. The molecule has 1 atom stereocenters. The first-order chi connectivity index (χ1) is 5.20. The van der Waals surface area contributed by atoms with Crippen molar-refractivity contribution in [3.05, 3.63) is 0 Å². The van der Waals surface area contributed by atoms with Crippen LogP contribution in [0.25, 0.3) is 0 Å². The van der Waals surface area contributed by atoms with Crippen molar-refractivity contribution < 1.29 is 0 Å². The molecular weight excluding hydrogens is 138 g/mol. The number of nitrogens with two attached hydrogens (primary N) is 1. The van der Waals surface area contributed by atoms with Gasteiger partial charge < -0.3 is 11.1 Å². The van der Waals surface area contributed by atoms with E-state index >= 15 is 0 Å². The Morgan fingerprint density at radius 3 is 2.73 bits per heavy atom. The Bertz CT molecular complexity index is 121. The van der Waals surface area contributed by atoms with Crippen molar-refractivity contribution in [3.8, 4) is 0 Å². The van der Waals surface area contributed by atoms with Gasteiger partial charge in [-0.05, 0) is 12.3 Å². The van der Waals surface area contributed by atoms with E-state index in [2.05, 4.69) is 24.2 Å². The van der Waals surface area contributed by atoms with E-state index in [9.17, 15) is 0 Å². The van der Waals surface area contributed by atoms with Gasteiger partial charge in [0.2, 0.25) is 0 Å². The Hall–Kier alpha value is -0.730. The highest BCUT2D eigenvalue weighted by Crippen LogP contribution is 2.03. The number of rotatable bonds is 4. The van der Waals surface area contributed by atoms with Gasteiger partial charge in [0.05, 0.1) is 0 Å². The van der Waals surface area contributed by atoms with Crippen molar-refractivity contribution in [2.24, 2.45) is 16.6 Å². The number of hydrogen-bond donors (Lipinski definition) is 2. The van der Waals surface area contributed by atoms with Gasteiger partial charge >= 0.3 is 0 Å². The summed E-state index contributed by atoms with van der Waals surface area (Å²) in [5, 5.41) is 3.03. The predicted octanol–water partition coefficient (Wildman–Crippen LogP) is 0.957. The minimum Gasteiger partial charge on any atom is -0.370 e. The molecule has 0 saturated carbocycles. The second kappa shape index (κ2) is 6.01. The maximum atomic E-state index is 5.44. The van der Waals surface area contributed by atoms with Gasteiger partial charge in [0, 0.05) is 13.6 Å². The molecular formula is C8H19N3. The molecule has 1 unspecified atom stereocenters. The van der Waals surface area contributed by atoms with E-state index in [0.29, 0.717) is 5.96 Å². The summed E-state index contributed by atoms with van der Waals surface area (Å²) in [5.74, 6) is 1.31. The lowest BCUT2D eigenvalue weighted by atomic mass is 10.1. The molecule has 0 spiro atoms. The number of hydrogen-bond acceptors (Lipinski definition) is 1. The van der Waals surface area contributed by atoms with Crippen molar-refractivity contribution in [3.63, 3.8) is 0 Å². The fourth-order valence-corrected chi connectivity index (χ4v) is 0.730. The van der Waals surface area contributed by atoms with Crippen LogP contribution in [0.4, 0.5) is 0 Å². The fourth-order valence-electron chi connectivity index (χ4n) is 0.730. The maximum absolute atomic E-state index is 5.44. The highest BCUT2D eigenvalue weighted by atomic mass is 15.1. The van der Waals surface area contributed by atoms with Gasteiger partial charge in [-0.3, -0.25) is 4.99 Å². The second-order valence-electron chi connectivity index (χ2n) is 2.84. The van der Waals surface area contributed by atoms with E-state index in [1.807, 2.05) is 0 Å². The van der Waals surface area contributed by atoms with Gasteiger partial charge in [0.25, 0.3) is 0 Å². The number of nitrogens with one attached hydrogen (secondary N) is 1. The Balaban J connectivity index is 3.27. The molecule has 0 bridgehead atoms. The first-order valence-corrected chi connectivity index (χ1v) is 4.16. The summed E-state index contributed by atoms with van der Waals surface area (Å²) in [5.41, 5.74) is 5.44. The molecule has 0 saturated heterocycles. The smallest absolute Gasteiger partial charge is 0.188 e. The quantitative estimate of drug-likeness (QED) is 0.471. The summed E-state index contributed by atoms with van der Waals surface area (Å²) in [6.45, 7) is 5.36. The Morgan fingerprint density at radius 1 is 1.64 bits per heavy atom. The van der Waals surface area contributed by atoms with Crippen LogP contribution < -0.4 is 11.1 Å². The third-order valence-electron chi connectivity index (χ3n) is 1.88. The number of nitrogens with zero attached hydrogens (tertiary/aromatic N) is 1. The lowest BCUT2D eigenvalue weighted by Crippen LogP contribution is -2.32. The highest BCUT2D eigenvalue weighted by molar-refractivity contribution is 5.77. The topological polar surface area (TPSA) is 50.4 Å². The van der Waals surface area contributed by atoms with Crippen molar-refractivity contribution >= 4 is 5.96 Å². The van der Waals surface area contributed by atoms with E-state index in [1.54, 1.807) is 7.05 Å². The summed E-state index contributed by atoms with van der Waals surface area (Å²) >= 11 is 0. The Morgan fingerprint density at radius 2 is 2.27 bits per heavy atom. The first kappa shape index (κ1) is 10.3. The molecule has 3 nitrogen and oxygen atoms in total. The van der Waals surface area contributed by atoms with Crippen LogP contribution in [0.3, 0.4) is 0 Å². The molecule has 0 aromatic rings. The highest BCUT2D eigenvalue weighted by Gasteiger charge is 1.97. The summed E-state index contributed by atoms with van der Waals surface area (Å²) in [7, 11) is 1.69. The van der Waals surface area contributed by atoms with E-state index < -0.39 is 0 Å². The first-order valence-electron chi connectivity index (χ1n) is 4.16. The zero-order chi connectivity index (χ0) is 8.69. The van der Waals surface area contributed by atoms with Crippen molar-refractivity contribution in [1.29, 1.82) is 0 Å². The van der Waals surface area contributed by atoms with Crippen molar-refractivity contribution in [2.75, 3.05) is 13.6 Å². The monoisotopic (exact) mass is 157 g/mol. The summed E-state index contributed by atoms with van der Waals surface area (Å²) in [6, 6.07) is 0. The second-order valence-corrected chi connectivity index (χ2v) is 2.84. The Kier molecular flexibility index (Phi) is 5.61. The zero-order valence-electron chi connectivity index (χ0n) is 7.72. The van der Waals surface area contributed by atoms with Crippen LogP contribution >= 0.6 is 0 Å². The minimum absolute atomic E-state index is 0.535. The summed E-state index contributed by atoms with van der Waals surface area (Å²) in [4.78, 5) is 3.79. The molecule has 3 N–H and O–H groups in total. The molecule has 0 fully saturated rings. The molecule has 3 heteroatoms. The third-order valence-corrected chi connectivity index (χ3v) is 1.88. The molecule has 11 heavy (non-hydrogen) atoms. The molecule has 0 aliphatic rings. The number of aliphatic imine (C=N–C) groups is 1. The largest absolute Gasteiger partial charge is 0.370 e. The van der Waals surface area contributed by atoms with Gasteiger partial charge in [-0.25, -0.2) is 0 Å². The molecule has 66 valence electrons. The molecule has 0 aliphatic heterocycles. The van der Waals surface area contributed by atoms with Crippen molar-refractivity contribution in [2.45, 2.75) is 26.7 Å². The Labute approximate surface area is 69.1 Å². The average molecular weight is 157 g/mol. The maximum Gasteiger partial charge on any atom is 0.188 e. The molecule has 0 aromatic carbocycles. The lowest BCUT2D eigenvalue weighted by Gasteiger charge is -2.08. The van der Waals surface area contributed by atoms with Crippen LogP contribution in [0.1, 0.15) is 26.7 Å². The molecule has 0 rings (SSSR count). The van der Waals surface area contributed by atoms with Crippen LogP contribution in [-0.4, -0.2) is 19.6 Å². The zero-order valence-corrected chi connectivity index (χ0v) is 7.72. The van der Waals surface area contributed by atoms with Gasteiger partial charge in [0.1, 0.15) is 0 Å². The van der Waals surface area contributed by atoms with Crippen LogP contribution in [0.2, 0.25) is 0 Å². The van der Waals surface area contributed by atoms with Gasteiger partial charge in [0.15, 0.2) is 5.96 Å². The van der Waals surface area contributed by atoms with Gasteiger partial charge in [-0.15, -0.1) is 0 Å². The van der Waals surface area contributed by atoms with Gasteiger partial charge in [-0.1, -0.05) is 20.3 Å². The van der Waals surface area contributed by atoms with Crippen LogP contribution in [0.5, 0.6) is 0 Å². The molecule has 0 amide bonds. The van der Waals surface area contributed by atoms with E-state index in [4.69, 9.17) is 5.73 Å². The van der Waals surface area contributed by atoms with Crippen LogP contribution in [0, 0.1) is 5.92 Å². The summed E-state index contributed by atoms with van der Waals surface area (Å²) in [6.07, 6.45) is 2.39. The lowest BCUT2D eigenvalue weighted by molar-refractivity contribution is 0.512. The summed E-state index contributed by atoms with van der Waals surface area (Å²) < 4.78 is 0. The van der Waals surface area contributed by atoms with Crippen LogP contribution in [0.15, 0.2) is 4.99 Å². The third kappa shape index (κ3) is 5.70. The standard InChI is InChI=1S/C8H19N3/c1-4-7(2)5-6-11-8(9)10-3/h7H,4-6H2,1-3H3,(H3,9,10,11). The van der Waals surface area contributed by atoms with Gasteiger partial charge in [-0.2, -0.15) is 0 Å². The molecule has 0 heterocycles. The molecule has 0 radical (unpaired) electrons. The van der Waals surface area contributed by atoms with E-state index in [1.165, 1.54) is 6.42 Å². The average Bonchev–Trinajstić information content (AvgIpc) is 2.04. The normalized spacial score (nSPS) is 14.6. The minimum atomic E-state index is 0.535. The van der Waals surface area contributed by atoms with Crippen LogP contribution in [-0.2, 0) is 0 Å². The molecule has 0 aromatic heterocycles. The van der Waals surface area contributed by atoms with E-state index in [-0.39, 0.29) is 0 Å².